The van der Waals surface area contributed by atoms with Crippen LogP contribution in [0, 0.1) is 0 Å². The average molecular weight is 359 g/mol. The second-order valence-electron chi connectivity index (χ2n) is 6.35. The van der Waals surface area contributed by atoms with E-state index in [-0.39, 0.29) is 12.5 Å². The molecule has 2 aromatic carbocycles. The number of aliphatic hydroxyl groups excluding tert-OH is 1. The van der Waals surface area contributed by atoms with E-state index >= 15 is 0 Å². The topological polar surface area (TPSA) is 75.9 Å². The van der Waals surface area contributed by atoms with Crippen molar-refractivity contribution in [3.8, 4) is 5.69 Å². The third-order valence-corrected chi connectivity index (χ3v) is 4.63. The van der Waals surface area contributed by atoms with Crippen molar-refractivity contribution < 1.29 is 5.11 Å². The van der Waals surface area contributed by atoms with Crippen LogP contribution >= 0.6 is 0 Å². The standard InChI is InChI=1S/C21H21N5O/c27-12-11-17(16-7-3-1-4-8-16)13-22-20-19-14-25-26(21(19)24-15-23-20)18-9-5-2-6-10-18/h1-10,14-15,17,27H,11-13H2,(H,22,23,24). The number of fused-ring (bicyclic) bond motifs is 1. The molecule has 27 heavy (non-hydrogen) atoms. The third-order valence-electron chi connectivity index (χ3n) is 4.63. The van der Waals surface area contributed by atoms with Gasteiger partial charge in [-0.05, 0) is 24.1 Å². The molecule has 4 aromatic rings. The van der Waals surface area contributed by atoms with Gasteiger partial charge in [-0.25, -0.2) is 14.6 Å². The van der Waals surface area contributed by atoms with E-state index in [1.54, 1.807) is 12.5 Å². The highest BCUT2D eigenvalue weighted by Gasteiger charge is 2.14. The zero-order valence-electron chi connectivity index (χ0n) is 14.9. The van der Waals surface area contributed by atoms with Gasteiger partial charge in [-0.2, -0.15) is 5.10 Å². The molecule has 1 atom stereocenters. The number of nitrogens with zero attached hydrogens (tertiary/aromatic N) is 4. The fourth-order valence-electron chi connectivity index (χ4n) is 3.23. The maximum Gasteiger partial charge on any atom is 0.168 e. The van der Waals surface area contributed by atoms with Crippen molar-refractivity contribution in [1.82, 2.24) is 19.7 Å². The monoisotopic (exact) mass is 359 g/mol. The first kappa shape index (κ1) is 17.2. The number of benzene rings is 2. The van der Waals surface area contributed by atoms with Crippen molar-refractivity contribution in [3.05, 3.63) is 78.8 Å². The highest BCUT2D eigenvalue weighted by atomic mass is 16.3. The predicted octanol–water partition coefficient (Wildman–Crippen LogP) is 3.39. The Kier molecular flexibility index (Phi) is 5.07. The molecule has 0 saturated carbocycles. The van der Waals surface area contributed by atoms with Crippen molar-refractivity contribution in [3.63, 3.8) is 0 Å². The minimum Gasteiger partial charge on any atom is -0.396 e. The summed E-state index contributed by atoms with van der Waals surface area (Å²) in [7, 11) is 0. The molecule has 0 fully saturated rings. The minimum atomic E-state index is 0.145. The van der Waals surface area contributed by atoms with Crippen LogP contribution in [0.4, 0.5) is 5.82 Å². The number of hydrogen-bond donors (Lipinski definition) is 2. The fourth-order valence-corrected chi connectivity index (χ4v) is 3.23. The SMILES string of the molecule is OCCC(CNc1ncnc2c1cnn2-c1ccccc1)c1ccccc1. The summed E-state index contributed by atoms with van der Waals surface area (Å²) in [5.74, 6) is 0.950. The van der Waals surface area contributed by atoms with Crippen LogP contribution in [0.5, 0.6) is 0 Å². The summed E-state index contributed by atoms with van der Waals surface area (Å²) in [5, 5.41) is 18.2. The Morgan fingerprint density at radius 3 is 2.44 bits per heavy atom. The smallest absolute Gasteiger partial charge is 0.168 e. The van der Waals surface area contributed by atoms with Crippen LogP contribution in [0.2, 0.25) is 0 Å². The molecule has 0 spiro atoms. The van der Waals surface area contributed by atoms with Gasteiger partial charge in [0.15, 0.2) is 5.65 Å². The molecule has 4 rings (SSSR count). The number of rotatable bonds is 7. The van der Waals surface area contributed by atoms with Crippen molar-refractivity contribution in [2.45, 2.75) is 12.3 Å². The van der Waals surface area contributed by atoms with E-state index in [1.165, 1.54) is 5.56 Å². The Morgan fingerprint density at radius 1 is 0.963 bits per heavy atom. The Labute approximate surface area is 157 Å². The van der Waals surface area contributed by atoms with E-state index in [9.17, 15) is 5.11 Å². The second kappa shape index (κ2) is 7.97. The molecule has 0 bridgehead atoms. The molecule has 0 aliphatic carbocycles. The maximum absolute atomic E-state index is 9.43. The molecule has 0 aliphatic rings. The van der Waals surface area contributed by atoms with E-state index < -0.39 is 0 Å². The van der Waals surface area contributed by atoms with Crippen LogP contribution in [0.1, 0.15) is 17.9 Å². The lowest BCUT2D eigenvalue weighted by atomic mass is 9.96. The summed E-state index contributed by atoms with van der Waals surface area (Å²) < 4.78 is 1.81. The summed E-state index contributed by atoms with van der Waals surface area (Å²) in [4.78, 5) is 8.81. The predicted molar refractivity (Wildman–Crippen MR) is 106 cm³/mol. The summed E-state index contributed by atoms with van der Waals surface area (Å²) >= 11 is 0. The summed E-state index contributed by atoms with van der Waals surface area (Å²) in [6, 6.07) is 20.1. The van der Waals surface area contributed by atoms with E-state index in [0.717, 1.165) is 22.5 Å². The number of aromatic nitrogens is 4. The van der Waals surface area contributed by atoms with Crippen LogP contribution in [-0.2, 0) is 0 Å². The molecule has 0 saturated heterocycles. The van der Waals surface area contributed by atoms with Gasteiger partial charge in [0, 0.05) is 19.1 Å². The van der Waals surface area contributed by atoms with Crippen LogP contribution in [0.3, 0.4) is 0 Å². The molecule has 6 nitrogen and oxygen atoms in total. The lowest BCUT2D eigenvalue weighted by molar-refractivity contribution is 0.277. The summed E-state index contributed by atoms with van der Waals surface area (Å²) in [5.41, 5.74) is 2.92. The first-order valence-electron chi connectivity index (χ1n) is 9.00. The average Bonchev–Trinajstić information content (AvgIpc) is 3.17. The summed E-state index contributed by atoms with van der Waals surface area (Å²) in [6.07, 6.45) is 4.03. The van der Waals surface area contributed by atoms with Crippen LogP contribution in [0.25, 0.3) is 16.7 Å². The van der Waals surface area contributed by atoms with E-state index in [0.29, 0.717) is 13.0 Å². The lowest BCUT2D eigenvalue weighted by Gasteiger charge is -2.17. The van der Waals surface area contributed by atoms with E-state index in [2.05, 4.69) is 32.5 Å². The highest BCUT2D eigenvalue weighted by Crippen LogP contribution is 2.24. The Bertz CT molecular complexity index is 1000. The molecule has 1 unspecified atom stereocenters. The van der Waals surface area contributed by atoms with Gasteiger partial charge in [-0.15, -0.1) is 0 Å². The maximum atomic E-state index is 9.43. The molecule has 136 valence electrons. The van der Waals surface area contributed by atoms with Crippen molar-refractivity contribution in [1.29, 1.82) is 0 Å². The normalized spacial score (nSPS) is 12.2. The van der Waals surface area contributed by atoms with Crippen molar-refractivity contribution in [2.75, 3.05) is 18.5 Å². The van der Waals surface area contributed by atoms with Gasteiger partial charge in [-0.1, -0.05) is 48.5 Å². The van der Waals surface area contributed by atoms with Gasteiger partial charge in [0.1, 0.15) is 12.1 Å². The van der Waals surface area contributed by atoms with Gasteiger partial charge in [0.2, 0.25) is 0 Å². The molecular weight excluding hydrogens is 338 g/mol. The second-order valence-corrected chi connectivity index (χ2v) is 6.35. The zero-order chi connectivity index (χ0) is 18.5. The molecule has 0 aliphatic heterocycles. The molecule has 6 heteroatoms. The number of para-hydroxylation sites is 1. The quantitative estimate of drug-likeness (QED) is 0.529. The molecule has 2 heterocycles. The number of aliphatic hydroxyl groups is 1. The molecule has 2 N–H and O–H groups in total. The minimum absolute atomic E-state index is 0.145. The third kappa shape index (κ3) is 3.66. The largest absolute Gasteiger partial charge is 0.396 e. The number of anilines is 1. The summed E-state index contributed by atoms with van der Waals surface area (Å²) in [6.45, 7) is 0.819. The van der Waals surface area contributed by atoms with E-state index in [4.69, 9.17) is 0 Å². The first-order chi connectivity index (χ1) is 13.4. The Morgan fingerprint density at radius 2 is 1.70 bits per heavy atom. The van der Waals surface area contributed by atoms with Gasteiger partial charge >= 0.3 is 0 Å². The van der Waals surface area contributed by atoms with Crippen LogP contribution in [0.15, 0.2) is 73.2 Å². The van der Waals surface area contributed by atoms with Gasteiger partial charge in [-0.3, -0.25) is 0 Å². The Balaban J connectivity index is 1.60. The lowest BCUT2D eigenvalue weighted by Crippen LogP contribution is -2.15. The molecule has 0 radical (unpaired) electrons. The van der Waals surface area contributed by atoms with Gasteiger partial charge < -0.3 is 10.4 Å². The molecular formula is C21H21N5O. The van der Waals surface area contributed by atoms with Crippen LogP contribution < -0.4 is 5.32 Å². The van der Waals surface area contributed by atoms with Gasteiger partial charge in [0.25, 0.3) is 0 Å². The fraction of sp³-hybridized carbons (Fsp3) is 0.190. The number of nitrogens with one attached hydrogen (secondary N) is 1. The zero-order valence-corrected chi connectivity index (χ0v) is 14.9. The van der Waals surface area contributed by atoms with Crippen molar-refractivity contribution in [2.24, 2.45) is 0 Å². The van der Waals surface area contributed by atoms with Crippen LogP contribution in [-0.4, -0.2) is 38.0 Å². The van der Waals surface area contributed by atoms with Crippen molar-refractivity contribution >= 4 is 16.9 Å². The molecule has 2 aromatic heterocycles. The number of hydrogen-bond acceptors (Lipinski definition) is 5. The highest BCUT2D eigenvalue weighted by molar-refractivity contribution is 5.87. The van der Waals surface area contributed by atoms with Gasteiger partial charge in [0.05, 0.1) is 17.3 Å². The van der Waals surface area contributed by atoms with E-state index in [1.807, 2.05) is 53.2 Å². The first-order valence-corrected chi connectivity index (χ1v) is 9.00. The molecule has 0 amide bonds. The Hall–Kier alpha value is -3.25.